The largest absolute Gasteiger partial charge is 0.381 e. The van der Waals surface area contributed by atoms with E-state index in [-0.39, 0.29) is 19.6 Å². The van der Waals surface area contributed by atoms with Gasteiger partial charge in [0, 0.05) is 6.42 Å². The number of hydrogen-bond acceptors (Lipinski definition) is 4. The van der Waals surface area contributed by atoms with Crippen molar-refractivity contribution in [2.45, 2.75) is 12.5 Å². The predicted octanol–water partition coefficient (Wildman–Crippen LogP) is -2.28. The third-order valence-electron chi connectivity index (χ3n) is 1.10. The number of primary amides is 2. The van der Waals surface area contributed by atoms with Crippen LogP contribution >= 0.6 is 0 Å². The van der Waals surface area contributed by atoms with E-state index in [1.807, 2.05) is 0 Å². The molecule has 12 heavy (non-hydrogen) atoms. The summed E-state index contributed by atoms with van der Waals surface area (Å²) in [4.78, 5) is 20.4. The molecule has 0 aliphatic rings. The first-order chi connectivity index (χ1) is 5.54. The molecule has 0 saturated heterocycles. The van der Waals surface area contributed by atoms with Crippen LogP contribution in [0, 0.1) is 0 Å². The van der Waals surface area contributed by atoms with Crippen molar-refractivity contribution in [2.75, 3.05) is 13.2 Å². The van der Waals surface area contributed by atoms with Crippen LogP contribution in [0.15, 0.2) is 0 Å². The van der Waals surface area contributed by atoms with E-state index in [9.17, 15) is 9.59 Å². The van der Waals surface area contributed by atoms with Gasteiger partial charge in [0.2, 0.25) is 11.8 Å². The zero-order valence-electron chi connectivity index (χ0n) is 6.53. The summed E-state index contributed by atoms with van der Waals surface area (Å²) in [6.45, 7) is -0.123. The molecule has 6 nitrogen and oxygen atoms in total. The average molecular weight is 176 g/mol. The molecule has 0 saturated carbocycles. The van der Waals surface area contributed by atoms with Crippen molar-refractivity contribution in [1.29, 1.82) is 0 Å². The fourth-order valence-corrected chi connectivity index (χ4v) is 0.450. The molecule has 6 heteroatoms. The lowest BCUT2D eigenvalue weighted by Gasteiger charge is -2.05. The predicted molar refractivity (Wildman–Crippen MR) is 39.8 cm³/mol. The highest BCUT2D eigenvalue weighted by Gasteiger charge is 2.10. The Balaban J connectivity index is 3.31. The number of carbonyl (C=O) groups is 2. The Morgan fingerprint density at radius 3 is 2.42 bits per heavy atom. The molecule has 1 unspecified atom stereocenters. The van der Waals surface area contributed by atoms with E-state index in [0.29, 0.717) is 0 Å². The molecule has 0 bridgehead atoms. The van der Waals surface area contributed by atoms with Gasteiger partial charge in [-0.1, -0.05) is 0 Å². The van der Waals surface area contributed by atoms with Crippen LogP contribution in [-0.4, -0.2) is 36.2 Å². The van der Waals surface area contributed by atoms with Crippen molar-refractivity contribution in [3.05, 3.63) is 0 Å². The molecule has 0 aromatic carbocycles. The summed E-state index contributed by atoms with van der Waals surface area (Å²) in [5, 5.41) is 8.78. The monoisotopic (exact) mass is 176 g/mol. The molecule has 0 aromatic rings. The zero-order chi connectivity index (χ0) is 9.56. The molecule has 0 aromatic heterocycles. The van der Waals surface area contributed by atoms with Crippen LogP contribution in [0.2, 0.25) is 0 Å². The van der Waals surface area contributed by atoms with Gasteiger partial charge in [0.15, 0.2) is 6.10 Å². The van der Waals surface area contributed by atoms with Crippen LogP contribution < -0.4 is 11.5 Å². The van der Waals surface area contributed by atoms with Crippen molar-refractivity contribution in [3.63, 3.8) is 0 Å². The van der Waals surface area contributed by atoms with Gasteiger partial charge in [0.05, 0.1) is 13.2 Å². The highest BCUT2D eigenvalue weighted by molar-refractivity contribution is 5.78. The summed E-state index contributed by atoms with van der Waals surface area (Å²) in [7, 11) is 0. The first-order valence-electron chi connectivity index (χ1n) is 3.37. The van der Waals surface area contributed by atoms with Crippen molar-refractivity contribution >= 4 is 11.8 Å². The van der Waals surface area contributed by atoms with Gasteiger partial charge in [-0.3, -0.25) is 9.59 Å². The molecular formula is C6H12N2O4. The molecule has 2 amide bonds. The minimum Gasteiger partial charge on any atom is -0.381 e. The third kappa shape index (κ3) is 5.63. The van der Waals surface area contributed by atoms with Gasteiger partial charge in [-0.2, -0.15) is 0 Å². The summed E-state index contributed by atoms with van der Waals surface area (Å²) in [5.41, 5.74) is 9.51. The smallest absolute Gasteiger partial charge is 0.248 e. The second kappa shape index (κ2) is 5.50. The third-order valence-corrected chi connectivity index (χ3v) is 1.10. The summed E-state index contributed by atoms with van der Waals surface area (Å²) < 4.78 is 4.72. The average Bonchev–Trinajstić information content (AvgIpc) is 1.97. The Labute approximate surface area is 69.5 Å². The lowest BCUT2D eigenvalue weighted by molar-refractivity contribution is -0.129. The number of aliphatic hydroxyl groups is 1. The van der Waals surface area contributed by atoms with E-state index in [4.69, 9.17) is 21.3 Å². The van der Waals surface area contributed by atoms with Gasteiger partial charge in [0.1, 0.15) is 0 Å². The fourth-order valence-electron chi connectivity index (χ4n) is 0.450. The summed E-state index contributed by atoms with van der Waals surface area (Å²) in [6, 6.07) is 0. The highest BCUT2D eigenvalue weighted by Crippen LogP contribution is 1.86. The molecular weight excluding hydrogens is 164 g/mol. The number of rotatable bonds is 6. The number of amides is 2. The molecule has 5 N–H and O–H groups in total. The maximum atomic E-state index is 10.2. The molecule has 0 radical (unpaired) electrons. The van der Waals surface area contributed by atoms with Crippen molar-refractivity contribution in [2.24, 2.45) is 11.5 Å². The van der Waals surface area contributed by atoms with E-state index in [1.54, 1.807) is 0 Å². The van der Waals surface area contributed by atoms with E-state index in [1.165, 1.54) is 0 Å². The standard InChI is InChI=1S/C6H12N2O4/c7-5(10)1-2-12-3-4(9)6(8)11/h4,9H,1-3H2,(H2,7,10)(H2,8,11). The van der Waals surface area contributed by atoms with E-state index in [2.05, 4.69) is 0 Å². The fraction of sp³-hybridized carbons (Fsp3) is 0.667. The van der Waals surface area contributed by atoms with Gasteiger partial charge in [-0.15, -0.1) is 0 Å². The SMILES string of the molecule is NC(=O)CCOCC(O)C(N)=O. The zero-order valence-corrected chi connectivity index (χ0v) is 6.53. The van der Waals surface area contributed by atoms with Gasteiger partial charge < -0.3 is 21.3 Å². The minimum atomic E-state index is -1.32. The Morgan fingerprint density at radius 1 is 1.42 bits per heavy atom. The van der Waals surface area contributed by atoms with Crippen LogP contribution in [0.3, 0.4) is 0 Å². The summed E-state index contributed by atoms with van der Waals surface area (Å²) in [5.74, 6) is -1.35. The van der Waals surface area contributed by atoms with Crippen molar-refractivity contribution in [3.8, 4) is 0 Å². The van der Waals surface area contributed by atoms with Crippen LogP contribution in [0.4, 0.5) is 0 Å². The number of aliphatic hydroxyl groups excluding tert-OH is 1. The van der Waals surface area contributed by atoms with Gasteiger partial charge in [-0.05, 0) is 0 Å². The van der Waals surface area contributed by atoms with E-state index >= 15 is 0 Å². The number of nitrogens with two attached hydrogens (primary N) is 2. The van der Waals surface area contributed by atoms with E-state index < -0.39 is 17.9 Å². The topological polar surface area (TPSA) is 116 Å². The Bertz CT molecular complexity index is 171. The first-order valence-corrected chi connectivity index (χ1v) is 3.37. The Kier molecular flexibility index (Phi) is 4.98. The number of ether oxygens (including phenoxy) is 1. The molecule has 0 aliphatic carbocycles. The van der Waals surface area contributed by atoms with Gasteiger partial charge in [-0.25, -0.2) is 0 Å². The van der Waals surface area contributed by atoms with Gasteiger partial charge in [0.25, 0.3) is 0 Å². The maximum Gasteiger partial charge on any atom is 0.248 e. The maximum absolute atomic E-state index is 10.2. The first kappa shape index (κ1) is 10.9. The number of hydrogen-bond donors (Lipinski definition) is 3. The Morgan fingerprint density at radius 2 is 2.00 bits per heavy atom. The summed E-state index contributed by atoms with van der Waals surface area (Å²) >= 11 is 0. The van der Waals surface area contributed by atoms with Crippen molar-refractivity contribution < 1.29 is 19.4 Å². The molecule has 0 spiro atoms. The molecule has 1 atom stereocenters. The van der Waals surface area contributed by atoms with Gasteiger partial charge >= 0.3 is 0 Å². The highest BCUT2D eigenvalue weighted by atomic mass is 16.5. The molecule has 0 heterocycles. The normalized spacial score (nSPS) is 12.4. The van der Waals surface area contributed by atoms with Crippen molar-refractivity contribution in [1.82, 2.24) is 0 Å². The lowest BCUT2D eigenvalue weighted by Crippen LogP contribution is -2.32. The molecule has 70 valence electrons. The van der Waals surface area contributed by atoms with E-state index in [0.717, 1.165) is 0 Å². The number of carbonyl (C=O) groups excluding carboxylic acids is 2. The van der Waals surface area contributed by atoms with Crippen LogP contribution in [-0.2, 0) is 14.3 Å². The van der Waals surface area contributed by atoms with Crippen LogP contribution in [0.5, 0.6) is 0 Å². The quantitative estimate of drug-likeness (QED) is 0.395. The Hall–Kier alpha value is -1.14. The van der Waals surface area contributed by atoms with Crippen LogP contribution in [0.25, 0.3) is 0 Å². The second-order valence-electron chi connectivity index (χ2n) is 2.21. The molecule has 0 fully saturated rings. The minimum absolute atomic E-state index is 0.0610. The van der Waals surface area contributed by atoms with Crippen LogP contribution in [0.1, 0.15) is 6.42 Å². The summed E-state index contributed by atoms with van der Waals surface area (Å²) in [6.07, 6.45) is -1.26. The second-order valence-corrected chi connectivity index (χ2v) is 2.21. The molecule has 0 aliphatic heterocycles. The lowest BCUT2D eigenvalue weighted by atomic mass is 10.4. The molecule has 0 rings (SSSR count).